The van der Waals surface area contributed by atoms with Crippen LogP contribution in [0.2, 0.25) is 0 Å². The predicted molar refractivity (Wildman–Crippen MR) is 111 cm³/mol. The molecule has 1 aromatic rings. The Balaban J connectivity index is 1.78. The van der Waals surface area contributed by atoms with Crippen LogP contribution in [0.4, 0.5) is 0 Å². The van der Waals surface area contributed by atoms with Crippen LogP contribution in [0.15, 0.2) is 35.9 Å². The number of hydrogen-bond acceptors (Lipinski definition) is 4. The summed E-state index contributed by atoms with van der Waals surface area (Å²) in [5, 5.41) is 11.5. The highest BCUT2D eigenvalue weighted by atomic mass is 16.5. The van der Waals surface area contributed by atoms with Gasteiger partial charge in [-0.15, -0.1) is 0 Å². The monoisotopic (exact) mass is 372 g/mol. The molecule has 1 N–H and O–H groups in total. The normalized spacial score (nSPS) is 24.4. The number of allylic oxidation sites excluding steroid dienone is 1. The molecule has 1 spiro atoms. The second-order valence-corrected chi connectivity index (χ2v) is 8.54. The number of piperidine rings is 1. The molecular weight excluding hydrogens is 336 g/mol. The smallest absolute Gasteiger partial charge is 0.0834 e. The van der Waals surface area contributed by atoms with Gasteiger partial charge in [-0.2, -0.15) is 0 Å². The van der Waals surface area contributed by atoms with Gasteiger partial charge in [0.05, 0.1) is 12.1 Å². The fraction of sp³-hybridized carbons (Fsp3) is 0.652. The summed E-state index contributed by atoms with van der Waals surface area (Å²) in [4.78, 5) is 4.84. The van der Waals surface area contributed by atoms with Crippen LogP contribution in [-0.4, -0.2) is 68.0 Å². The zero-order valence-electron chi connectivity index (χ0n) is 17.4. The summed E-state index contributed by atoms with van der Waals surface area (Å²) in [7, 11) is 3.89. The molecule has 4 heteroatoms. The van der Waals surface area contributed by atoms with E-state index < -0.39 is 0 Å². The number of nitrogens with zero attached hydrogens (tertiary/aromatic N) is 2. The van der Waals surface area contributed by atoms with Crippen LogP contribution in [0.3, 0.4) is 0 Å². The zero-order chi connectivity index (χ0) is 19.4. The molecule has 1 aliphatic carbocycles. The lowest BCUT2D eigenvalue weighted by Crippen LogP contribution is -2.49. The first kappa shape index (κ1) is 20.5. The quantitative estimate of drug-likeness (QED) is 0.588. The highest BCUT2D eigenvalue weighted by molar-refractivity contribution is 5.45. The van der Waals surface area contributed by atoms with Gasteiger partial charge in [-0.3, -0.25) is 9.80 Å². The molecule has 0 amide bonds. The number of hydrogen-bond donors (Lipinski definition) is 1. The molecule has 0 saturated carbocycles. The van der Waals surface area contributed by atoms with Gasteiger partial charge in [0, 0.05) is 32.2 Å². The van der Waals surface area contributed by atoms with E-state index in [4.69, 9.17) is 4.74 Å². The van der Waals surface area contributed by atoms with Crippen LogP contribution in [0.1, 0.15) is 50.3 Å². The van der Waals surface area contributed by atoms with Gasteiger partial charge in [0.1, 0.15) is 0 Å². The van der Waals surface area contributed by atoms with Crippen molar-refractivity contribution in [2.75, 3.05) is 46.9 Å². The van der Waals surface area contributed by atoms with Crippen LogP contribution in [-0.2, 0) is 10.2 Å². The molecule has 2 aliphatic rings. The predicted octanol–water partition coefficient (Wildman–Crippen LogP) is 3.37. The van der Waals surface area contributed by atoms with Crippen molar-refractivity contribution in [2.24, 2.45) is 0 Å². The van der Waals surface area contributed by atoms with Crippen molar-refractivity contribution in [1.82, 2.24) is 9.80 Å². The number of likely N-dealkylation sites (N-methyl/N-ethyl adjacent to an activating group) is 1. The molecule has 0 unspecified atom stereocenters. The van der Waals surface area contributed by atoms with E-state index in [1.54, 1.807) is 7.11 Å². The van der Waals surface area contributed by atoms with E-state index in [-0.39, 0.29) is 17.6 Å². The summed E-state index contributed by atoms with van der Waals surface area (Å²) in [5.74, 6) is 0. The summed E-state index contributed by atoms with van der Waals surface area (Å²) < 4.78 is 5.21. The van der Waals surface area contributed by atoms with Gasteiger partial charge in [-0.25, -0.2) is 0 Å². The summed E-state index contributed by atoms with van der Waals surface area (Å²) in [6.45, 7) is 9.14. The van der Waals surface area contributed by atoms with Crippen molar-refractivity contribution in [3.05, 3.63) is 47.0 Å². The number of ether oxygens (including phenoxy) is 1. The molecule has 4 nitrogen and oxygen atoms in total. The maximum atomic E-state index is 11.5. The van der Waals surface area contributed by atoms with Crippen molar-refractivity contribution >= 4 is 0 Å². The average molecular weight is 373 g/mol. The van der Waals surface area contributed by atoms with Crippen LogP contribution in [0.25, 0.3) is 0 Å². The van der Waals surface area contributed by atoms with E-state index >= 15 is 0 Å². The Kier molecular flexibility index (Phi) is 6.74. The Morgan fingerprint density at radius 1 is 1.30 bits per heavy atom. The number of methoxy groups -OCH3 is 1. The SMILES string of the molecule is COCCCN(C)[C@H]1c2ccccc2C2(CCN(CC=C(C)C)CC2)[C@@H]1O. The largest absolute Gasteiger partial charge is 0.390 e. The van der Waals surface area contributed by atoms with E-state index in [1.165, 1.54) is 16.7 Å². The van der Waals surface area contributed by atoms with Gasteiger partial charge in [0.15, 0.2) is 0 Å². The van der Waals surface area contributed by atoms with E-state index in [0.29, 0.717) is 0 Å². The lowest BCUT2D eigenvalue weighted by Gasteiger charge is -2.43. The second-order valence-electron chi connectivity index (χ2n) is 8.54. The lowest BCUT2D eigenvalue weighted by molar-refractivity contribution is -0.00872. The number of benzene rings is 1. The number of fused-ring (bicyclic) bond motifs is 2. The van der Waals surface area contributed by atoms with Gasteiger partial charge >= 0.3 is 0 Å². The van der Waals surface area contributed by atoms with E-state index in [9.17, 15) is 5.11 Å². The highest BCUT2D eigenvalue weighted by Gasteiger charge is 2.53. The average Bonchev–Trinajstić information content (AvgIpc) is 2.90. The highest BCUT2D eigenvalue weighted by Crippen LogP contribution is 2.52. The molecular formula is C23H36N2O2. The minimum absolute atomic E-state index is 0.0855. The van der Waals surface area contributed by atoms with E-state index in [0.717, 1.165) is 52.0 Å². The van der Waals surface area contributed by atoms with Crippen molar-refractivity contribution in [2.45, 2.75) is 50.7 Å². The van der Waals surface area contributed by atoms with Gasteiger partial charge in [0.25, 0.3) is 0 Å². The maximum absolute atomic E-state index is 11.5. The van der Waals surface area contributed by atoms with Crippen molar-refractivity contribution in [3.63, 3.8) is 0 Å². The third kappa shape index (κ3) is 4.14. The first-order chi connectivity index (χ1) is 13.0. The van der Waals surface area contributed by atoms with Gasteiger partial charge in [-0.05, 0) is 64.4 Å². The molecule has 1 aromatic carbocycles. The Labute approximate surface area is 164 Å². The molecule has 0 aromatic heterocycles. The van der Waals surface area contributed by atoms with Gasteiger partial charge in [0.2, 0.25) is 0 Å². The Morgan fingerprint density at radius 2 is 2.00 bits per heavy atom. The second kappa shape index (κ2) is 8.87. The number of aliphatic hydroxyl groups is 1. The number of rotatable bonds is 7. The van der Waals surface area contributed by atoms with Crippen LogP contribution >= 0.6 is 0 Å². The molecule has 1 heterocycles. The van der Waals surface area contributed by atoms with Gasteiger partial charge in [-0.1, -0.05) is 35.9 Å². The fourth-order valence-electron chi connectivity index (χ4n) is 4.93. The Hall–Kier alpha value is -1.20. The summed E-state index contributed by atoms with van der Waals surface area (Å²) in [5.41, 5.74) is 3.98. The molecule has 27 heavy (non-hydrogen) atoms. The number of likely N-dealkylation sites (tertiary alicyclic amines) is 1. The fourth-order valence-corrected chi connectivity index (χ4v) is 4.93. The topological polar surface area (TPSA) is 35.9 Å². The Bertz CT molecular complexity index is 646. The summed E-state index contributed by atoms with van der Waals surface area (Å²) >= 11 is 0. The van der Waals surface area contributed by atoms with Crippen molar-refractivity contribution in [3.8, 4) is 0 Å². The standard InChI is InChI=1S/C23H36N2O2/c1-18(2)10-14-25-15-11-23(12-16-25)20-9-6-5-8-19(20)21(22(23)26)24(3)13-7-17-27-4/h5-6,8-10,21-22,26H,7,11-17H2,1-4H3/t21-,22+/m0/s1. The third-order valence-electron chi connectivity index (χ3n) is 6.52. The number of aliphatic hydroxyl groups excluding tert-OH is 1. The summed E-state index contributed by atoms with van der Waals surface area (Å²) in [6.07, 6.45) is 5.02. The van der Waals surface area contributed by atoms with Gasteiger partial charge < -0.3 is 9.84 Å². The Morgan fingerprint density at radius 3 is 2.67 bits per heavy atom. The maximum Gasteiger partial charge on any atom is 0.0834 e. The molecule has 0 bridgehead atoms. The molecule has 1 fully saturated rings. The summed E-state index contributed by atoms with van der Waals surface area (Å²) in [6, 6.07) is 8.82. The van der Waals surface area contributed by atoms with E-state index in [1.807, 2.05) is 0 Å². The molecule has 0 radical (unpaired) electrons. The van der Waals surface area contributed by atoms with Crippen LogP contribution in [0.5, 0.6) is 0 Å². The third-order valence-corrected chi connectivity index (χ3v) is 6.52. The van der Waals surface area contributed by atoms with Crippen LogP contribution in [0, 0.1) is 0 Å². The first-order valence-electron chi connectivity index (χ1n) is 10.3. The van der Waals surface area contributed by atoms with Crippen molar-refractivity contribution < 1.29 is 9.84 Å². The zero-order valence-corrected chi connectivity index (χ0v) is 17.4. The minimum atomic E-state index is -0.340. The molecule has 150 valence electrons. The molecule has 1 saturated heterocycles. The first-order valence-corrected chi connectivity index (χ1v) is 10.3. The molecule has 2 atom stereocenters. The van der Waals surface area contributed by atoms with Crippen molar-refractivity contribution in [1.29, 1.82) is 0 Å². The lowest BCUT2D eigenvalue weighted by atomic mass is 9.72. The molecule has 1 aliphatic heterocycles. The minimum Gasteiger partial charge on any atom is -0.390 e. The van der Waals surface area contributed by atoms with Crippen LogP contribution < -0.4 is 0 Å². The molecule has 3 rings (SSSR count). The van der Waals surface area contributed by atoms with E-state index in [2.05, 4.69) is 61.0 Å².